The van der Waals surface area contributed by atoms with E-state index in [1.807, 2.05) is 36.4 Å². The minimum absolute atomic E-state index is 0.0279. The molecule has 0 spiro atoms. The fraction of sp³-hybridized carbons (Fsp3) is 0.531. The average Bonchev–Trinajstić information content (AvgIpc) is 3.27. The number of nitrogens with zero attached hydrogens (tertiary/aromatic N) is 1. The van der Waals surface area contributed by atoms with Crippen molar-refractivity contribution in [2.24, 2.45) is 5.92 Å². The lowest BCUT2D eigenvalue weighted by molar-refractivity contribution is -0.150. The van der Waals surface area contributed by atoms with E-state index in [1.54, 1.807) is 27.7 Å². The van der Waals surface area contributed by atoms with Crippen molar-refractivity contribution in [2.75, 3.05) is 19.8 Å². The maximum absolute atomic E-state index is 13.2. The maximum atomic E-state index is 13.2. The van der Waals surface area contributed by atoms with Gasteiger partial charge < -0.3 is 18.9 Å². The highest BCUT2D eigenvalue weighted by Crippen LogP contribution is 2.39. The molecule has 1 heterocycles. The van der Waals surface area contributed by atoms with Crippen LogP contribution in [0.4, 0.5) is 4.79 Å². The Bertz CT molecular complexity index is 1150. The molecule has 2 atom stereocenters. The number of amides is 1. The zero-order valence-electron chi connectivity index (χ0n) is 24.0. The van der Waals surface area contributed by atoms with Gasteiger partial charge in [-0.1, -0.05) is 48.5 Å². The third-order valence-electron chi connectivity index (χ3n) is 7.39. The number of carbonyl (C=O) groups excluding carboxylic acids is 3. The number of esters is 1. The summed E-state index contributed by atoms with van der Waals surface area (Å²) in [6.45, 7) is 7.63. The molecule has 8 nitrogen and oxygen atoms in total. The topological polar surface area (TPSA) is 91.4 Å². The Morgan fingerprint density at radius 3 is 2.30 bits per heavy atom. The molecule has 0 aromatic heterocycles. The van der Waals surface area contributed by atoms with Crippen molar-refractivity contribution in [1.82, 2.24) is 4.90 Å². The molecule has 216 valence electrons. The van der Waals surface area contributed by atoms with E-state index in [9.17, 15) is 14.4 Å². The van der Waals surface area contributed by atoms with E-state index >= 15 is 0 Å². The molecule has 0 radical (unpaired) electrons. The zero-order chi connectivity index (χ0) is 28.7. The van der Waals surface area contributed by atoms with Gasteiger partial charge in [0.15, 0.2) is 5.78 Å². The molecular weight excluding hydrogens is 510 g/mol. The number of Topliss-reactive ketones (excluding diaryl/α,β-unsaturated/α-hetero) is 1. The van der Waals surface area contributed by atoms with Crippen LogP contribution >= 0.6 is 0 Å². The maximum Gasteiger partial charge on any atom is 0.411 e. The summed E-state index contributed by atoms with van der Waals surface area (Å²) in [5.74, 6) is -0.736. The largest absolute Gasteiger partial charge is 0.489 e. The average molecular weight is 552 g/mol. The molecule has 1 aliphatic heterocycles. The van der Waals surface area contributed by atoms with E-state index in [2.05, 4.69) is 18.2 Å². The number of hydrogen-bond donors (Lipinski definition) is 0. The first kappa shape index (κ1) is 29.6. The number of ether oxygens (including phenoxy) is 4. The summed E-state index contributed by atoms with van der Waals surface area (Å²) < 4.78 is 23.0. The first-order chi connectivity index (χ1) is 19.2. The van der Waals surface area contributed by atoms with Gasteiger partial charge in [-0.15, -0.1) is 0 Å². The van der Waals surface area contributed by atoms with Crippen LogP contribution in [0.5, 0.6) is 5.75 Å². The van der Waals surface area contributed by atoms with Crippen molar-refractivity contribution in [1.29, 1.82) is 0 Å². The Hall–Kier alpha value is -3.39. The number of ketones is 1. The van der Waals surface area contributed by atoms with Gasteiger partial charge in [-0.3, -0.25) is 14.5 Å². The minimum atomic E-state index is -1.02. The van der Waals surface area contributed by atoms with Gasteiger partial charge in [0.05, 0.1) is 19.3 Å². The van der Waals surface area contributed by atoms with Crippen LogP contribution in [0.15, 0.2) is 54.6 Å². The van der Waals surface area contributed by atoms with Gasteiger partial charge in [-0.2, -0.15) is 0 Å². The second kappa shape index (κ2) is 13.3. The fourth-order valence-electron chi connectivity index (χ4n) is 5.38. The molecule has 4 rings (SSSR count). The third kappa shape index (κ3) is 7.62. The van der Waals surface area contributed by atoms with Crippen LogP contribution < -0.4 is 4.74 Å². The van der Waals surface area contributed by atoms with Crippen molar-refractivity contribution in [3.63, 3.8) is 0 Å². The molecular formula is C32H41NO7. The summed E-state index contributed by atoms with van der Waals surface area (Å²) in [4.78, 5) is 39.8. The molecule has 40 heavy (non-hydrogen) atoms. The van der Waals surface area contributed by atoms with Crippen molar-refractivity contribution in [2.45, 2.75) is 83.6 Å². The lowest BCUT2D eigenvalue weighted by Crippen LogP contribution is -2.44. The third-order valence-corrected chi connectivity index (χ3v) is 7.39. The smallest absolute Gasteiger partial charge is 0.411 e. The number of carbonyl (C=O) groups is 3. The van der Waals surface area contributed by atoms with Crippen molar-refractivity contribution >= 4 is 17.8 Å². The van der Waals surface area contributed by atoms with Gasteiger partial charge in [-0.05, 0) is 76.5 Å². The molecule has 2 aliphatic rings. The molecule has 2 aromatic rings. The van der Waals surface area contributed by atoms with E-state index < -0.39 is 29.6 Å². The van der Waals surface area contributed by atoms with Crippen LogP contribution in [-0.2, 0) is 30.4 Å². The minimum Gasteiger partial charge on any atom is -0.489 e. The highest BCUT2D eigenvalue weighted by atomic mass is 16.6. The quantitative estimate of drug-likeness (QED) is 0.293. The first-order valence-corrected chi connectivity index (χ1v) is 14.2. The number of hydrogen-bond acceptors (Lipinski definition) is 7. The summed E-state index contributed by atoms with van der Waals surface area (Å²) in [5, 5.41) is 0. The molecule has 2 aromatic carbocycles. The van der Waals surface area contributed by atoms with Gasteiger partial charge in [0.2, 0.25) is 0 Å². The Kier molecular flexibility index (Phi) is 9.85. The number of para-hydroxylation sites is 1. The van der Waals surface area contributed by atoms with Crippen molar-refractivity contribution in [3.8, 4) is 5.75 Å². The molecule has 1 saturated carbocycles. The highest BCUT2D eigenvalue weighted by Gasteiger charge is 2.48. The van der Waals surface area contributed by atoms with Crippen LogP contribution in [0, 0.1) is 5.92 Å². The van der Waals surface area contributed by atoms with Crippen LogP contribution in [-0.4, -0.2) is 60.3 Å². The van der Waals surface area contributed by atoms with Crippen LogP contribution in [0.2, 0.25) is 0 Å². The molecule has 2 fully saturated rings. The van der Waals surface area contributed by atoms with E-state index in [0.29, 0.717) is 12.5 Å². The van der Waals surface area contributed by atoms with Crippen molar-refractivity contribution < 1.29 is 33.3 Å². The molecule has 1 amide bonds. The Morgan fingerprint density at radius 2 is 1.62 bits per heavy atom. The van der Waals surface area contributed by atoms with Crippen LogP contribution in [0.1, 0.15) is 70.4 Å². The fourth-order valence-corrected chi connectivity index (χ4v) is 5.38. The standard InChI is InChI=1S/C32H41NO7/c1-5-37-30(35)26-19-33(31(36)40-32(2,3)4)27(29(26)34)21-38-24-17-15-23(16-18-24)25-13-9-10-14-28(25)39-20-22-11-7-6-8-12-22/h6-14,23-24,26-27H,5,15-21H2,1-4H3. The van der Waals surface area contributed by atoms with E-state index in [1.165, 1.54) is 10.5 Å². The number of rotatable bonds is 9. The van der Waals surface area contributed by atoms with Crippen LogP contribution in [0.3, 0.4) is 0 Å². The highest BCUT2D eigenvalue weighted by molar-refractivity contribution is 6.05. The second-order valence-electron chi connectivity index (χ2n) is 11.5. The lowest BCUT2D eigenvalue weighted by Gasteiger charge is -2.32. The van der Waals surface area contributed by atoms with Gasteiger partial charge in [0.25, 0.3) is 0 Å². The monoisotopic (exact) mass is 551 g/mol. The van der Waals surface area contributed by atoms with E-state index in [4.69, 9.17) is 18.9 Å². The summed E-state index contributed by atoms with van der Waals surface area (Å²) in [5.41, 5.74) is 1.60. The predicted molar refractivity (Wildman–Crippen MR) is 150 cm³/mol. The molecule has 0 N–H and O–H groups in total. The Morgan fingerprint density at radius 1 is 0.950 bits per heavy atom. The molecule has 0 bridgehead atoms. The van der Waals surface area contributed by atoms with E-state index in [-0.39, 0.29) is 31.6 Å². The number of benzene rings is 2. The Labute approximate surface area is 236 Å². The van der Waals surface area contributed by atoms with E-state index in [0.717, 1.165) is 37.0 Å². The lowest BCUT2D eigenvalue weighted by atomic mass is 9.82. The molecule has 1 saturated heterocycles. The molecule has 2 unspecified atom stereocenters. The molecule has 1 aliphatic carbocycles. The zero-order valence-corrected chi connectivity index (χ0v) is 24.0. The predicted octanol–water partition coefficient (Wildman–Crippen LogP) is 5.68. The number of likely N-dealkylation sites (tertiary alicyclic amines) is 1. The normalized spacial score (nSPS) is 23.1. The summed E-state index contributed by atoms with van der Waals surface area (Å²) in [7, 11) is 0. The van der Waals surface area contributed by atoms with Gasteiger partial charge in [0, 0.05) is 6.54 Å². The Balaban J connectivity index is 1.34. The molecule has 8 heteroatoms. The SMILES string of the molecule is CCOC(=O)C1CN(C(=O)OC(C)(C)C)C(COC2CCC(c3ccccc3OCc3ccccc3)CC2)C1=O. The summed E-state index contributed by atoms with van der Waals surface area (Å²) in [6.07, 6.45) is 2.84. The second-order valence-corrected chi connectivity index (χ2v) is 11.5. The summed E-state index contributed by atoms with van der Waals surface area (Å²) in [6, 6.07) is 17.4. The van der Waals surface area contributed by atoms with Crippen LogP contribution in [0.25, 0.3) is 0 Å². The van der Waals surface area contributed by atoms with Crippen molar-refractivity contribution in [3.05, 3.63) is 65.7 Å². The van der Waals surface area contributed by atoms with Gasteiger partial charge >= 0.3 is 12.1 Å². The van der Waals surface area contributed by atoms with Gasteiger partial charge in [-0.25, -0.2) is 4.79 Å². The summed E-state index contributed by atoms with van der Waals surface area (Å²) >= 11 is 0. The van der Waals surface area contributed by atoms with Gasteiger partial charge in [0.1, 0.15) is 29.9 Å². The first-order valence-electron chi connectivity index (χ1n) is 14.2.